The van der Waals surface area contributed by atoms with Crippen molar-refractivity contribution in [2.45, 2.75) is 144 Å². The summed E-state index contributed by atoms with van der Waals surface area (Å²) in [5.41, 5.74) is 2.79. The second-order valence-corrected chi connectivity index (χ2v) is 20.5. The van der Waals surface area contributed by atoms with Crippen LogP contribution in [0.15, 0.2) is 109 Å². The molecule has 0 aliphatic rings. The molecule has 0 saturated carbocycles. The summed E-state index contributed by atoms with van der Waals surface area (Å²) in [7, 11) is 2.93. The average molecular weight is 1070 g/mol. The summed E-state index contributed by atoms with van der Waals surface area (Å²) in [6.07, 6.45) is -2.78. The molecule has 0 aromatic heterocycles. The number of esters is 3. The highest BCUT2D eigenvalue weighted by Crippen LogP contribution is 2.20. The molecule has 4 rings (SSSR count). The number of nitrogens with zero attached hydrogens (tertiary/aromatic N) is 4. The van der Waals surface area contributed by atoms with Gasteiger partial charge in [0.1, 0.15) is 36.5 Å². The van der Waals surface area contributed by atoms with E-state index in [1.807, 2.05) is 100 Å². The second kappa shape index (κ2) is 31.1. The van der Waals surface area contributed by atoms with Crippen molar-refractivity contribution in [2.24, 2.45) is 11.8 Å². The van der Waals surface area contributed by atoms with Gasteiger partial charge in [-0.1, -0.05) is 113 Å². The van der Waals surface area contributed by atoms with Crippen molar-refractivity contribution in [2.75, 3.05) is 14.1 Å². The Morgan fingerprint density at radius 2 is 0.933 bits per heavy atom. The molecule has 0 aliphatic carbocycles. The zero-order valence-electron chi connectivity index (χ0n) is 63.3. The van der Waals surface area contributed by atoms with E-state index >= 15 is 0 Å². The fourth-order valence-corrected chi connectivity index (χ4v) is 6.64. The van der Waals surface area contributed by atoms with Gasteiger partial charge in [-0.15, -0.1) is 0 Å². The van der Waals surface area contributed by atoms with Crippen LogP contribution in [0.3, 0.4) is 0 Å². The van der Waals surface area contributed by atoms with Crippen LogP contribution in [0.5, 0.6) is 0 Å². The number of carbonyl (C=O) groups excluding carboxylic acids is 5. The van der Waals surface area contributed by atoms with Gasteiger partial charge < -0.3 is 33.9 Å². The summed E-state index contributed by atoms with van der Waals surface area (Å²) >= 11 is 0. The summed E-state index contributed by atoms with van der Waals surface area (Å²) in [5.74, 6) is -2.83. The fraction of sp³-hybridized carbons (Fsp3) is 0.448. The predicted octanol–water partition coefficient (Wildman–Crippen LogP) is 11.8. The number of amides is 2. The van der Waals surface area contributed by atoms with Crippen molar-refractivity contribution in [1.82, 2.24) is 9.80 Å². The zero-order chi connectivity index (χ0) is 74.5. The van der Waals surface area contributed by atoms with E-state index in [2.05, 4.69) is 0 Å². The first-order valence-corrected chi connectivity index (χ1v) is 24.5. The maximum atomic E-state index is 13.3. The van der Waals surface area contributed by atoms with E-state index in [1.165, 1.54) is 19.0 Å². The number of carbonyl (C=O) groups is 6. The molecule has 0 unspecified atom stereocenters. The lowest BCUT2D eigenvalue weighted by molar-refractivity contribution is -0.171. The molecular formula is C58H92N4O13. The van der Waals surface area contributed by atoms with Crippen LogP contribution in [0.2, 0.25) is 0 Å². The van der Waals surface area contributed by atoms with Crippen LogP contribution >= 0.6 is 0 Å². The number of hydrogen-bond acceptors (Lipinski definition) is 14. The van der Waals surface area contributed by atoms with Gasteiger partial charge in [0.05, 0.1) is 23.3 Å². The van der Waals surface area contributed by atoms with Gasteiger partial charge in [0.25, 0.3) is 0 Å². The van der Waals surface area contributed by atoms with Gasteiger partial charge in [-0.05, 0) is 113 Å². The summed E-state index contributed by atoms with van der Waals surface area (Å²) < 4.78 is 117. The Balaban J connectivity index is -0.000000183. The van der Waals surface area contributed by atoms with E-state index in [9.17, 15) is 33.9 Å². The number of hydrogen-bond donors (Lipinski definition) is 2. The number of aliphatic carboxylic acids is 1. The van der Waals surface area contributed by atoms with Crippen molar-refractivity contribution in [3.63, 3.8) is 0 Å². The molecule has 4 aromatic carbocycles. The molecule has 2 amide bonds. The van der Waals surface area contributed by atoms with E-state index < -0.39 is 71.6 Å². The lowest BCUT2D eigenvalue weighted by Crippen LogP contribution is -2.47. The first-order valence-electron chi connectivity index (χ1n) is 33.5. The van der Waals surface area contributed by atoms with Crippen molar-refractivity contribution >= 4 is 36.1 Å². The minimum absolute atomic E-state index is 0.0222. The van der Waals surface area contributed by atoms with E-state index in [1.54, 1.807) is 90.1 Å². The highest BCUT2D eigenvalue weighted by Gasteiger charge is 2.36. The van der Waals surface area contributed by atoms with Gasteiger partial charge in [-0.2, -0.15) is 10.5 Å². The third-order valence-corrected chi connectivity index (χ3v) is 10.5. The first-order chi connectivity index (χ1) is 44.1. The van der Waals surface area contributed by atoms with Crippen LogP contribution in [0.25, 0.3) is 0 Å². The van der Waals surface area contributed by atoms with Gasteiger partial charge in [-0.3, -0.25) is 9.80 Å². The van der Waals surface area contributed by atoms with E-state index in [0.29, 0.717) is 29.5 Å². The summed E-state index contributed by atoms with van der Waals surface area (Å²) in [4.78, 5) is 76.0. The molecule has 17 heteroatoms. The molecule has 2 N–H and O–H groups in total. The molecular weight excluding hydrogens is 961 g/mol. The molecule has 17 nitrogen and oxygen atoms in total. The number of carboxylic acid groups (broad SMARTS) is 1. The number of aliphatic hydroxyl groups excluding tert-OH is 1. The van der Waals surface area contributed by atoms with Crippen LogP contribution in [0.4, 0.5) is 9.59 Å². The molecule has 0 radical (unpaired) electrons. The van der Waals surface area contributed by atoms with Crippen LogP contribution in [-0.4, -0.2) is 106 Å². The molecule has 0 fully saturated rings. The van der Waals surface area contributed by atoms with Crippen LogP contribution in [-0.2, 0) is 68.9 Å². The predicted molar refractivity (Wildman–Crippen MR) is 299 cm³/mol. The third-order valence-electron chi connectivity index (χ3n) is 10.5. The van der Waals surface area contributed by atoms with E-state index in [-0.39, 0.29) is 37.9 Å². The lowest BCUT2D eigenvalue weighted by Gasteiger charge is -2.31. The van der Waals surface area contributed by atoms with Crippen molar-refractivity contribution in [3.8, 4) is 12.1 Å². The Morgan fingerprint density at radius 1 is 0.560 bits per heavy atom. The number of aliphatic hydroxyl groups is 1. The molecule has 0 heterocycles. The largest absolute Gasteiger partial charge is 0.480 e. The number of nitriles is 2. The monoisotopic (exact) mass is 1070 g/mol. The zero-order valence-corrected chi connectivity index (χ0v) is 45.3. The Kier molecular flexibility index (Phi) is 20.5. The Labute approximate surface area is 469 Å². The molecule has 0 saturated heterocycles. The molecule has 422 valence electrons. The van der Waals surface area contributed by atoms with Gasteiger partial charge >= 0.3 is 36.1 Å². The van der Waals surface area contributed by atoms with E-state index in [0.717, 1.165) is 21.6 Å². The Bertz CT molecular complexity index is 2570. The summed E-state index contributed by atoms with van der Waals surface area (Å²) in [6.45, 7) is 18.3. The lowest BCUT2D eigenvalue weighted by atomic mass is 10.0. The molecule has 0 spiro atoms. The molecule has 0 bridgehead atoms. The highest BCUT2D eigenvalue weighted by molar-refractivity contribution is 5.85. The molecule has 75 heavy (non-hydrogen) atoms. The standard InChI is InChI=1S/C29H36N2O6.C17H15NO3.C12H23NO4.9H2/c1-20(2)16-24(31(6)28(34)37-29(3,4)5)26(32)36-25(17-21-12-14-22(18-30)15-13-21)27(33)35-19-23-10-8-7-9-11-23;18-11-14-8-6-13(7-9-14)10-16(19)17(20)21-12-15-4-2-1-3-5-15;1-8(2)7-9(10(14)15)13(6)11(16)17-12(3,4)5;;;;;;;;;/h7-15,20,24-25H,16-17,19H2,1-6H3;1-9,16,19H,10,12H2;8-9H,7H2,1-6H3,(H,14,15);9*1H/t24-,25+;16-;9-;;;;;;;;;/m010........./s1/i;;;9*1+1D. The summed E-state index contributed by atoms with van der Waals surface area (Å²) in [5, 5.41) is 36.7. The minimum atomic E-state index is -1.24. The van der Waals surface area contributed by atoms with Crippen molar-refractivity contribution < 1.29 is 89.4 Å². The number of benzene rings is 4. The highest BCUT2D eigenvalue weighted by atomic mass is 16.6. The number of likely N-dealkylation sites (N-methyl/N-ethyl adjacent to an activating group) is 2. The second-order valence-electron chi connectivity index (χ2n) is 20.5. The fourth-order valence-electron chi connectivity index (χ4n) is 6.64. The molecule has 4 atom stereocenters. The number of rotatable bonds is 19. The Hall–Kier alpha value is -7.76. The third kappa shape index (κ3) is 25.2. The number of ether oxygens (including phenoxy) is 5. The summed E-state index contributed by atoms with van der Waals surface area (Å²) in [6, 6.07) is 34.1. The van der Waals surface area contributed by atoms with Gasteiger partial charge in [0.2, 0.25) is 6.10 Å². The minimum Gasteiger partial charge on any atom is -0.480 e. The first kappa shape index (κ1) is 49.5. The van der Waals surface area contributed by atoms with Crippen molar-refractivity contribution in [1.29, 1.82) is 10.5 Å². The SMILES string of the molecule is CC(C)C[C@@H](C(=O)O)N(C)C(=O)OC(C)(C)C.CC(C)C[C@@H](C(=O)O[C@H](Cc1ccc(C#N)cc1)C(=O)OCc1ccccc1)N(C)C(=O)OC(C)(C)C.N#Cc1ccc(C[C@@H](O)C(=O)OCc2ccccc2)cc1.[2H][2H].[2H][2H].[2H][2H].[2H][2H].[2H][2H].[2H][2H].[2H][2H].[2H][2H].[2H][2H]. The van der Waals surface area contributed by atoms with Gasteiger partial charge in [0.15, 0.2) is 6.10 Å². The van der Waals surface area contributed by atoms with Crippen LogP contribution in [0.1, 0.15) is 142 Å². The van der Waals surface area contributed by atoms with Crippen molar-refractivity contribution in [3.05, 3.63) is 143 Å². The molecule has 4 aromatic rings. The van der Waals surface area contributed by atoms with Gasteiger partial charge in [-0.25, -0.2) is 28.8 Å². The quantitative estimate of drug-likeness (QED) is 0.0655. The topological polar surface area (TPSA) is 243 Å². The van der Waals surface area contributed by atoms with E-state index in [4.69, 9.17) is 66.0 Å². The van der Waals surface area contributed by atoms with Crippen LogP contribution in [0, 0.1) is 34.5 Å². The maximum absolute atomic E-state index is 13.3. The van der Waals surface area contributed by atoms with Gasteiger partial charge in [0, 0.05) is 53.7 Å². The molecule has 0 aliphatic heterocycles. The van der Waals surface area contributed by atoms with Crippen LogP contribution < -0.4 is 0 Å². The average Bonchev–Trinajstić information content (AvgIpc) is 1.19. The maximum Gasteiger partial charge on any atom is 0.410 e. The number of carboxylic acids is 1. The normalized spacial score (nSPS) is 13.5. The smallest absolute Gasteiger partial charge is 0.410 e. The Morgan fingerprint density at radius 3 is 1.31 bits per heavy atom.